The summed E-state index contributed by atoms with van der Waals surface area (Å²) in [5, 5.41) is 9.34. The van der Waals surface area contributed by atoms with Crippen molar-refractivity contribution in [2.75, 3.05) is 0 Å². The number of hydrogen-bond acceptors (Lipinski definition) is 3. The Hall–Kier alpha value is -1.16. The maximum atomic E-state index is 11.1. The minimum Gasteiger partial charge on any atom is -0.476 e. The third-order valence-electron chi connectivity index (χ3n) is 2.21. The molecule has 0 bridgehead atoms. The first-order valence-corrected chi connectivity index (χ1v) is 5.53. The third-order valence-corrected chi connectivity index (χ3v) is 2.50. The smallest absolute Gasteiger partial charge is 0.354 e. The molecule has 1 heterocycles. The minimum absolute atomic E-state index is 0.0127. The van der Waals surface area contributed by atoms with Crippen molar-refractivity contribution >= 4 is 17.6 Å². The number of nitrogens with zero attached hydrogens (tertiary/aromatic N) is 2. The topological polar surface area (TPSA) is 63.1 Å². The molecule has 0 atom stereocenters. The summed E-state index contributed by atoms with van der Waals surface area (Å²) in [7, 11) is 0. The third kappa shape index (κ3) is 2.50. The normalized spacial score (nSPS) is 11.2. The molecule has 1 aromatic heterocycles. The Bertz CT molecular complexity index is 417. The lowest BCUT2D eigenvalue weighted by molar-refractivity contribution is 0.0688. The fourth-order valence-electron chi connectivity index (χ4n) is 1.39. The summed E-state index contributed by atoms with van der Waals surface area (Å²) in [6.45, 7) is 7.52. The summed E-state index contributed by atoms with van der Waals surface area (Å²) >= 11 is 6.00. The fourth-order valence-corrected chi connectivity index (χ4v) is 1.79. The summed E-state index contributed by atoms with van der Waals surface area (Å²) in [4.78, 5) is 19.3. The molecule has 1 aromatic rings. The lowest BCUT2D eigenvalue weighted by Gasteiger charge is -2.13. The Balaban J connectivity index is 3.45. The number of hydrogen-bond donors (Lipinski definition) is 1. The average Bonchev–Trinajstić information content (AvgIpc) is 2.15. The molecule has 1 rings (SSSR count). The Morgan fingerprint density at radius 3 is 2.12 bits per heavy atom. The van der Waals surface area contributed by atoms with Crippen LogP contribution in [0.2, 0.25) is 5.15 Å². The summed E-state index contributed by atoms with van der Waals surface area (Å²) in [6, 6.07) is 0. The van der Waals surface area contributed by atoms with Gasteiger partial charge in [0.2, 0.25) is 0 Å². The zero-order valence-electron chi connectivity index (χ0n) is 9.78. The van der Waals surface area contributed by atoms with Gasteiger partial charge in [0.1, 0.15) is 11.0 Å². The van der Waals surface area contributed by atoms with Crippen LogP contribution in [0.4, 0.5) is 0 Å². The molecule has 0 spiro atoms. The molecule has 0 aromatic carbocycles. The van der Waals surface area contributed by atoms with Gasteiger partial charge in [0.05, 0.1) is 0 Å². The number of aromatic carboxylic acids is 1. The van der Waals surface area contributed by atoms with E-state index in [4.69, 9.17) is 16.7 Å². The van der Waals surface area contributed by atoms with Crippen LogP contribution in [0, 0.1) is 0 Å². The molecule has 0 saturated carbocycles. The summed E-state index contributed by atoms with van der Waals surface area (Å²) in [6.07, 6.45) is 0. The van der Waals surface area contributed by atoms with Crippen LogP contribution in [0.25, 0.3) is 0 Å². The molecule has 16 heavy (non-hydrogen) atoms. The first kappa shape index (κ1) is 12.9. The molecule has 0 aliphatic rings. The first-order chi connectivity index (χ1) is 7.34. The van der Waals surface area contributed by atoms with Crippen LogP contribution in [0.15, 0.2) is 0 Å². The number of carboxylic acid groups (broad SMARTS) is 1. The second-order valence-corrected chi connectivity index (χ2v) is 4.61. The standard InChI is InChI=1S/C11H15ClN2O2/c1-5(2)7-8(11(15)16)13-10(6(3)4)14-9(7)12/h5-6H,1-4H3,(H,15,16). The van der Waals surface area contributed by atoms with Gasteiger partial charge in [0.25, 0.3) is 0 Å². The van der Waals surface area contributed by atoms with Crippen LogP contribution < -0.4 is 0 Å². The molecule has 88 valence electrons. The van der Waals surface area contributed by atoms with Gasteiger partial charge in [-0.05, 0) is 5.92 Å². The van der Waals surface area contributed by atoms with Crippen molar-refractivity contribution in [1.29, 1.82) is 0 Å². The maximum Gasteiger partial charge on any atom is 0.354 e. The molecular formula is C11H15ClN2O2. The lowest BCUT2D eigenvalue weighted by Crippen LogP contribution is -2.12. The van der Waals surface area contributed by atoms with Gasteiger partial charge in [-0.2, -0.15) is 0 Å². The molecule has 0 fully saturated rings. The Kier molecular flexibility index (Phi) is 3.86. The van der Waals surface area contributed by atoms with Gasteiger partial charge in [-0.3, -0.25) is 0 Å². The van der Waals surface area contributed by atoms with E-state index in [9.17, 15) is 4.79 Å². The average molecular weight is 243 g/mol. The number of carbonyl (C=O) groups is 1. The number of halogens is 1. The molecule has 1 N–H and O–H groups in total. The molecule has 0 aliphatic carbocycles. The predicted octanol–water partition coefficient (Wildman–Crippen LogP) is 3.08. The zero-order chi connectivity index (χ0) is 12.5. The van der Waals surface area contributed by atoms with Crippen molar-refractivity contribution < 1.29 is 9.90 Å². The van der Waals surface area contributed by atoms with Gasteiger partial charge in [0.15, 0.2) is 5.69 Å². The van der Waals surface area contributed by atoms with Crippen molar-refractivity contribution in [3.05, 3.63) is 22.2 Å². The van der Waals surface area contributed by atoms with Crippen LogP contribution >= 0.6 is 11.6 Å². The quantitative estimate of drug-likeness (QED) is 0.828. The van der Waals surface area contributed by atoms with Crippen LogP contribution in [0.5, 0.6) is 0 Å². The van der Waals surface area contributed by atoms with Gasteiger partial charge in [-0.1, -0.05) is 39.3 Å². The molecule has 0 radical (unpaired) electrons. The highest BCUT2D eigenvalue weighted by molar-refractivity contribution is 6.30. The van der Waals surface area contributed by atoms with E-state index in [-0.39, 0.29) is 22.7 Å². The highest BCUT2D eigenvalue weighted by atomic mass is 35.5. The lowest BCUT2D eigenvalue weighted by atomic mass is 10.0. The molecular weight excluding hydrogens is 228 g/mol. The van der Waals surface area contributed by atoms with E-state index < -0.39 is 5.97 Å². The number of carboxylic acids is 1. The van der Waals surface area contributed by atoms with Crippen molar-refractivity contribution in [1.82, 2.24) is 9.97 Å². The Morgan fingerprint density at radius 1 is 1.19 bits per heavy atom. The van der Waals surface area contributed by atoms with E-state index >= 15 is 0 Å². The summed E-state index contributed by atoms with van der Waals surface area (Å²) < 4.78 is 0. The zero-order valence-corrected chi connectivity index (χ0v) is 10.5. The first-order valence-electron chi connectivity index (χ1n) is 5.15. The van der Waals surface area contributed by atoms with Crippen molar-refractivity contribution in [3.8, 4) is 0 Å². The second kappa shape index (κ2) is 4.78. The van der Waals surface area contributed by atoms with E-state index in [1.165, 1.54) is 0 Å². The van der Waals surface area contributed by atoms with Crippen LogP contribution in [0.1, 0.15) is 61.4 Å². The Labute approximate surface area is 99.7 Å². The van der Waals surface area contributed by atoms with Gasteiger partial charge >= 0.3 is 5.97 Å². The van der Waals surface area contributed by atoms with Gasteiger partial charge in [-0.15, -0.1) is 0 Å². The molecule has 0 aliphatic heterocycles. The molecule has 4 nitrogen and oxygen atoms in total. The maximum absolute atomic E-state index is 11.1. The highest BCUT2D eigenvalue weighted by Crippen LogP contribution is 2.27. The van der Waals surface area contributed by atoms with Crippen LogP contribution in [-0.4, -0.2) is 21.0 Å². The molecule has 5 heteroatoms. The van der Waals surface area contributed by atoms with Crippen molar-refractivity contribution in [2.24, 2.45) is 0 Å². The van der Waals surface area contributed by atoms with E-state index in [0.717, 1.165) is 0 Å². The predicted molar refractivity (Wildman–Crippen MR) is 62.2 cm³/mol. The molecule has 0 unspecified atom stereocenters. The number of rotatable bonds is 3. The van der Waals surface area contributed by atoms with Gasteiger partial charge in [-0.25, -0.2) is 14.8 Å². The molecule has 0 amide bonds. The van der Waals surface area contributed by atoms with Crippen LogP contribution in [0.3, 0.4) is 0 Å². The summed E-state index contributed by atoms with van der Waals surface area (Å²) in [5.41, 5.74) is 0.511. The summed E-state index contributed by atoms with van der Waals surface area (Å²) in [5.74, 6) is -0.557. The van der Waals surface area contributed by atoms with Gasteiger partial charge < -0.3 is 5.11 Å². The van der Waals surface area contributed by atoms with E-state index in [0.29, 0.717) is 11.4 Å². The fraction of sp³-hybridized carbons (Fsp3) is 0.545. The largest absolute Gasteiger partial charge is 0.476 e. The van der Waals surface area contributed by atoms with Crippen molar-refractivity contribution in [2.45, 2.75) is 39.5 Å². The van der Waals surface area contributed by atoms with Crippen LogP contribution in [-0.2, 0) is 0 Å². The van der Waals surface area contributed by atoms with E-state index in [2.05, 4.69) is 9.97 Å². The minimum atomic E-state index is -1.06. The van der Waals surface area contributed by atoms with E-state index in [1.807, 2.05) is 27.7 Å². The SMILES string of the molecule is CC(C)c1nc(Cl)c(C(C)C)c(C(=O)O)n1. The molecule has 0 saturated heterocycles. The van der Waals surface area contributed by atoms with E-state index in [1.54, 1.807) is 0 Å². The number of aromatic nitrogens is 2. The highest BCUT2D eigenvalue weighted by Gasteiger charge is 2.21. The second-order valence-electron chi connectivity index (χ2n) is 4.25. The Morgan fingerprint density at radius 2 is 1.75 bits per heavy atom. The van der Waals surface area contributed by atoms with Crippen molar-refractivity contribution in [3.63, 3.8) is 0 Å². The monoisotopic (exact) mass is 242 g/mol. The van der Waals surface area contributed by atoms with Gasteiger partial charge in [0, 0.05) is 11.5 Å².